The maximum absolute atomic E-state index is 12.5. The SMILES string of the molecule is CC(/C=C/[C@@H](C)OC(C)(C)C(F)(F)F)S(N)=O. The van der Waals surface area contributed by atoms with E-state index in [1.807, 2.05) is 0 Å². The molecular formula is C10H18F3NO2S. The van der Waals surface area contributed by atoms with Crippen LogP contribution < -0.4 is 5.14 Å². The molecule has 0 amide bonds. The molecule has 0 radical (unpaired) electrons. The minimum Gasteiger partial charge on any atom is -0.359 e. The third-order valence-electron chi connectivity index (χ3n) is 2.18. The fourth-order valence-corrected chi connectivity index (χ4v) is 1.21. The molecule has 0 heterocycles. The standard InChI is InChI=1S/C10H18F3NO2S/c1-7(5-6-8(2)17(14)15)16-9(3,4)10(11,12)13/h5-8H,14H2,1-4H3/b6-5+/t7-,8?,17?/m1/s1. The third kappa shape index (κ3) is 5.65. The molecule has 0 aromatic heterocycles. The molecular weight excluding hydrogens is 255 g/mol. The Bertz CT molecular complexity index is 302. The summed E-state index contributed by atoms with van der Waals surface area (Å²) in [5.41, 5.74) is -2.22. The van der Waals surface area contributed by atoms with E-state index < -0.39 is 34.1 Å². The molecule has 7 heteroatoms. The molecule has 0 bridgehead atoms. The van der Waals surface area contributed by atoms with Gasteiger partial charge in [0, 0.05) is 0 Å². The summed E-state index contributed by atoms with van der Waals surface area (Å²) in [4.78, 5) is 0. The molecule has 2 unspecified atom stereocenters. The monoisotopic (exact) mass is 273 g/mol. The Morgan fingerprint density at radius 2 is 1.71 bits per heavy atom. The minimum absolute atomic E-state index is 0.421. The van der Waals surface area contributed by atoms with Crippen molar-refractivity contribution in [3.63, 3.8) is 0 Å². The molecule has 0 aliphatic rings. The van der Waals surface area contributed by atoms with Gasteiger partial charge in [0.15, 0.2) is 5.60 Å². The van der Waals surface area contributed by atoms with Gasteiger partial charge in [0.25, 0.3) is 0 Å². The largest absolute Gasteiger partial charge is 0.416 e. The van der Waals surface area contributed by atoms with Crippen molar-refractivity contribution in [2.45, 2.75) is 50.8 Å². The van der Waals surface area contributed by atoms with Crippen LogP contribution >= 0.6 is 0 Å². The Kier molecular flexibility index (Phi) is 5.83. The number of alkyl halides is 3. The predicted octanol–water partition coefficient (Wildman–Crippen LogP) is 2.30. The quantitative estimate of drug-likeness (QED) is 0.781. The number of hydrogen-bond donors (Lipinski definition) is 1. The average Bonchev–Trinajstić information content (AvgIpc) is 2.11. The van der Waals surface area contributed by atoms with Gasteiger partial charge in [0.05, 0.1) is 22.3 Å². The highest BCUT2D eigenvalue weighted by Gasteiger charge is 2.49. The molecule has 3 nitrogen and oxygen atoms in total. The first-order chi connectivity index (χ1) is 7.47. The van der Waals surface area contributed by atoms with E-state index in [2.05, 4.69) is 0 Å². The molecule has 0 aromatic rings. The van der Waals surface area contributed by atoms with E-state index >= 15 is 0 Å². The van der Waals surface area contributed by atoms with E-state index in [4.69, 9.17) is 9.88 Å². The highest BCUT2D eigenvalue weighted by molar-refractivity contribution is 7.83. The number of ether oxygens (including phenoxy) is 1. The van der Waals surface area contributed by atoms with Crippen molar-refractivity contribution >= 4 is 11.0 Å². The van der Waals surface area contributed by atoms with E-state index in [0.29, 0.717) is 0 Å². The van der Waals surface area contributed by atoms with Crippen molar-refractivity contribution in [3.05, 3.63) is 12.2 Å². The summed E-state index contributed by atoms with van der Waals surface area (Å²) in [6.45, 7) is 5.01. The lowest BCUT2D eigenvalue weighted by molar-refractivity contribution is -0.270. The third-order valence-corrected chi connectivity index (χ3v) is 3.07. The lowest BCUT2D eigenvalue weighted by Crippen LogP contribution is -2.43. The zero-order valence-electron chi connectivity index (χ0n) is 10.2. The van der Waals surface area contributed by atoms with Crippen LogP contribution in [0.25, 0.3) is 0 Å². The van der Waals surface area contributed by atoms with Crippen LogP contribution in [0.4, 0.5) is 13.2 Å². The fraction of sp³-hybridized carbons (Fsp3) is 0.800. The van der Waals surface area contributed by atoms with Crippen molar-refractivity contribution in [2.75, 3.05) is 0 Å². The van der Waals surface area contributed by atoms with Gasteiger partial charge in [0.1, 0.15) is 0 Å². The van der Waals surface area contributed by atoms with E-state index in [1.165, 1.54) is 19.1 Å². The van der Waals surface area contributed by atoms with Crippen molar-refractivity contribution in [1.82, 2.24) is 0 Å². The van der Waals surface area contributed by atoms with Crippen molar-refractivity contribution in [2.24, 2.45) is 5.14 Å². The van der Waals surface area contributed by atoms with Gasteiger partial charge in [-0.25, -0.2) is 4.21 Å². The molecule has 0 saturated heterocycles. The first kappa shape index (κ1) is 16.6. The fourth-order valence-electron chi connectivity index (χ4n) is 0.961. The van der Waals surface area contributed by atoms with Crippen molar-refractivity contribution < 1.29 is 22.1 Å². The Hall–Kier alpha value is -0.400. The van der Waals surface area contributed by atoms with Gasteiger partial charge in [-0.2, -0.15) is 13.2 Å². The second-order valence-electron chi connectivity index (χ2n) is 4.25. The topological polar surface area (TPSA) is 52.3 Å². The van der Waals surface area contributed by atoms with Gasteiger partial charge < -0.3 is 4.74 Å². The summed E-state index contributed by atoms with van der Waals surface area (Å²) in [5.74, 6) is 0. The average molecular weight is 273 g/mol. The highest BCUT2D eigenvalue weighted by atomic mass is 32.2. The molecule has 17 heavy (non-hydrogen) atoms. The first-order valence-corrected chi connectivity index (χ1v) is 6.33. The van der Waals surface area contributed by atoms with E-state index in [0.717, 1.165) is 13.8 Å². The summed E-state index contributed by atoms with van der Waals surface area (Å²) in [6, 6.07) is 0. The normalized spacial score (nSPS) is 19.3. The molecule has 0 aromatic carbocycles. The summed E-state index contributed by atoms with van der Waals surface area (Å²) in [7, 11) is -1.53. The summed E-state index contributed by atoms with van der Waals surface area (Å²) in [6.07, 6.45) is -2.27. The second-order valence-corrected chi connectivity index (χ2v) is 5.65. The number of halogens is 3. The van der Waals surface area contributed by atoms with Crippen LogP contribution in [-0.2, 0) is 15.7 Å². The van der Waals surface area contributed by atoms with Crippen LogP contribution in [0.3, 0.4) is 0 Å². The van der Waals surface area contributed by atoms with Crippen LogP contribution in [0.1, 0.15) is 27.7 Å². The van der Waals surface area contributed by atoms with Gasteiger partial charge in [-0.3, -0.25) is 5.14 Å². The highest BCUT2D eigenvalue weighted by Crippen LogP contribution is 2.33. The second kappa shape index (κ2) is 5.97. The lowest BCUT2D eigenvalue weighted by Gasteiger charge is -2.30. The summed E-state index contributed by atoms with van der Waals surface area (Å²) < 4.78 is 53.2. The van der Waals surface area contributed by atoms with Crippen LogP contribution in [0.5, 0.6) is 0 Å². The molecule has 0 aliphatic heterocycles. The van der Waals surface area contributed by atoms with E-state index in [-0.39, 0.29) is 0 Å². The van der Waals surface area contributed by atoms with E-state index in [1.54, 1.807) is 6.92 Å². The molecule has 0 saturated carbocycles. The molecule has 2 N–H and O–H groups in total. The Labute approximate surface area is 102 Å². The lowest BCUT2D eigenvalue weighted by atomic mass is 10.1. The summed E-state index contributed by atoms with van der Waals surface area (Å²) in [5, 5.41) is 4.70. The molecule has 0 fully saturated rings. The van der Waals surface area contributed by atoms with Crippen LogP contribution in [0, 0.1) is 0 Å². The maximum atomic E-state index is 12.5. The maximum Gasteiger partial charge on any atom is 0.416 e. The van der Waals surface area contributed by atoms with Gasteiger partial charge >= 0.3 is 6.18 Å². The molecule has 102 valence electrons. The van der Waals surface area contributed by atoms with Crippen LogP contribution in [-0.4, -0.2) is 27.3 Å². The van der Waals surface area contributed by atoms with E-state index in [9.17, 15) is 17.4 Å². The van der Waals surface area contributed by atoms with Crippen LogP contribution in [0.2, 0.25) is 0 Å². The van der Waals surface area contributed by atoms with Crippen molar-refractivity contribution in [1.29, 1.82) is 0 Å². The van der Waals surface area contributed by atoms with Gasteiger partial charge in [0.2, 0.25) is 0 Å². The van der Waals surface area contributed by atoms with Crippen LogP contribution in [0.15, 0.2) is 12.2 Å². The zero-order valence-corrected chi connectivity index (χ0v) is 11.1. The minimum atomic E-state index is -4.43. The number of nitrogens with two attached hydrogens (primary N) is 1. The number of rotatable bonds is 5. The smallest absolute Gasteiger partial charge is 0.359 e. The van der Waals surface area contributed by atoms with Gasteiger partial charge in [-0.1, -0.05) is 12.2 Å². The van der Waals surface area contributed by atoms with Gasteiger partial charge in [-0.15, -0.1) is 0 Å². The Morgan fingerprint density at radius 3 is 2.06 bits per heavy atom. The molecule has 0 rings (SSSR count). The molecule has 0 aliphatic carbocycles. The summed E-state index contributed by atoms with van der Waals surface area (Å²) >= 11 is 0. The predicted molar refractivity (Wildman–Crippen MR) is 61.6 cm³/mol. The molecule has 3 atom stereocenters. The Balaban J connectivity index is 4.47. The zero-order chi connectivity index (χ0) is 13.9. The molecule has 0 spiro atoms. The number of hydrogen-bond acceptors (Lipinski definition) is 2. The van der Waals surface area contributed by atoms with Gasteiger partial charge in [-0.05, 0) is 27.7 Å². The first-order valence-electron chi connectivity index (χ1n) is 5.05. The Morgan fingerprint density at radius 1 is 1.24 bits per heavy atom. The van der Waals surface area contributed by atoms with Crippen molar-refractivity contribution in [3.8, 4) is 0 Å².